The van der Waals surface area contributed by atoms with E-state index in [-0.39, 0.29) is 27.8 Å². The monoisotopic (exact) mass is 438 g/mol. The molecule has 30 heavy (non-hydrogen) atoms. The molecule has 0 amide bonds. The Kier molecular flexibility index (Phi) is 5.43. The van der Waals surface area contributed by atoms with Crippen LogP contribution in [0.2, 0.25) is 5.02 Å². The maximum Gasteiger partial charge on any atom is 0.346 e. The van der Waals surface area contributed by atoms with Gasteiger partial charge in [-0.3, -0.25) is 4.79 Å². The van der Waals surface area contributed by atoms with Crippen LogP contribution in [0.3, 0.4) is 0 Å². The molecule has 0 saturated carbocycles. The molecule has 0 bridgehead atoms. The molecular weight excluding hydrogens is 424 g/mol. The van der Waals surface area contributed by atoms with Crippen LogP contribution in [0.25, 0.3) is 5.69 Å². The number of carbonyl (C=O) groups is 2. The number of benzene rings is 2. The fourth-order valence-electron chi connectivity index (χ4n) is 2.93. The number of nitrogens with zero attached hydrogens (tertiary/aromatic N) is 4. The number of halogens is 1. The van der Waals surface area contributed by atoms with Crippen LogP contribution in [-0.2, 0) is 0 Å². The van der Waals surface area contributed by atoms with Crippen LogP contribution in [0.15, 0.2) is 54.6 Å². The number of hydrogen-bond donors (Lipinski definition) is 0. The molecule has 4 rings (SSSR count). The minimum Gasteiger partial charge on any atom is -0.403 e. The van der Waals surface area contributed by atoms with Gasteiger partial charge in [0.2, 0.25) is 11.7 Å². The highest BCUT2D eigenvalue weighted by Crippen LogP contribution is 2.31. The van der Waals surface area contributed by atoms with Crippen LogP contribution in [0.4, 0.5) is 0 Å². The molecule has 0 aliphatic carbocycles. The first-order valence-corrected chi connectivity index (χ1v) is 10.1. The number of ketones is 1. The lowest BCUT2D eigenvalue weighted by atomic mass is 10.1. The summed E-state index contributed by atoms with van der Waals surface area (Å²) in [6.07, 6.45) is 0. The molecule has 4 aromatic rings. The summed E-state index contributed by atoms with van der Waals surface area (Å²) < 4.78 is 11.0. The van der Waals surface area contributed by atoms with E-state index in [2.05, 4.69) is 14.7 Å². The number of esters is 1. The normalized spacial score (nSPS) is 10.8. The van der Waals surface area contributed by atoms with Gasteiger partial charge >= 0.3 is 5.97 Å². The molecule has 0 spiro atoms. The minimum absolute atomic E-state index is 0.0152. The maximum absolute atomic E-state index is 13.3. The fourth-order valence-corrected chi connectivity index (χ4v) is 3.74. The Bertz CT molecular complexity index is 1250. The van der Waals surface area contributed by atoms with E-state index in [0.717, 1.165) is 11.5 Å². The van der Waals surface area contributed by atoms with Crippen molar-refractivity contribution >= 4 is 34.9 Å². The molecule has 0 aliphatic heterocycles. The van der Waals surface area contributed by atoms with E-state index in [0.29, 0.717) is 22.0 Å². The predicted molar refractivity (Wildman–Crippen MR) is 113 cm³/mol. The van der Waals surface area contributed by atoms with Crippen molar-refractivity contribution in [2.24, 2.45) is 0 Å². The lowest BCUT2D eigenvalue weighted by Crippen LogP contribution is -2.15. The van der Waals surface area contributed by atoms with Gasteiger partial charge in [0.05, 0.1) is 27.7 Å². The van der Waals surface area contributed by atoms with E-state index in [1.807, 2.05) is 18.2 Å². The topological polar surface area (TPSA) is 87.0 Å². The summed E-state index contributed by atoms with van der Waals surface area (Å²) in [5.74, 6) is -1.03. The number of ether oxygens (including phenoxy) is 1. The van der Waals surface area contributed by atoms with Gasteiger partial charge in [-0.25, -0.2) is 4.79 Å². The molecular formula is C21H15ClN4O3S. The highest BCUT2D eigenvalue weighted by molar-refractivity contribution is 7.08. The molecule has 0 N–H and O–H groups in total. The number of aromatic nitrogens is 4. The lowest BCUT2D eigenvalue weighted by molar-refractivity contribution is 0.0721. The summed E-state index contributed by atoms with van der Waals surface area (Å²) in [6, 6.07) is 15.6. The highest BCUT2D eigenvalue weighted by atomic mass is 35.5. The number of para-hydroxylation sites is 1. The van der Waals surface area contributed by atoms with Crippen molar-refractivity contribution in [1.82, 2.24) is 19.4 Å². The molecule has 2 heterocycles. The third-order valence-corrected chi connectivity index (χ3v) is 5.54. The van der Waals surface area contributed by atoms with Gasteiger partial charge < -0.3 is 4.74 Å². The smallest absolute Gasteiger partial charge is 0.346 e. The van der Waals surface area contributed by atoms with Crippen molar-refractivity contribution in [3.63, 3.8) is 0 Å². The van der Waals surface area contributed by atoms with Gasteiger partial charge in [0.25, 0.3) is 0 Å². The maximum atomic E-state index is 13.3. The van der Waals surface area contributed by atoms with Crippen LogP contribution < -0.4 is 4.74 Å². The van der Waals surface area contributed by atoms with E-state index in [1.54, 1.807) is 50.2 Å². The predicted octanol–water partition coefficient (Wildman–Crippen LogP) is 4.44. The average Bonchev–Trinajstić information content (AvgIpc) is 3.31. The van der Waals surface area contributed by atoms with Crippen LogP contribution in [0.5, 0.6) is 5.88 Å². The molecule has 0 atom stereocenters. The second-order valence-electron chi connectivity index (χ2n) is 6.40. The number of carbonyl (C=O) groups excluding carboxylic acids is 2. The second kappa shape index (κ2) is 8.17. The number of hydrogen-bond acceptors (Lipinski definition) is 7. The molecule has 0 aliphatic rings. The van der Waals surface area contributed by atoms with Crippen molar-refractivity contribution in [2.75, 3.05) is 0 Å². The number of aryl methyl sites for hydroxylation is 2. The van der Waals surface area contributed by atoms with Gasteiger partial charge in [-0.05, 0) is 49.6 Å². The van der Waals surface area contributed by atoms with Crippen molar-refractivity contribution < 1.29 is 14.3 Å². The Morgan fingerprint density at radius 2 is 1.70 bits per heavy atom. The van der Waals surface area contributed by atoms with E-state index >= 15 is 0 Å². The summed E-state index contributed by atoms with van der Waals surface area (Å²) >= 11 is 7.13. The molecule has 0 radical (unpaired) electrons. The van der Waals surface area contributed by atoms with E-state index in [1.165, 1.54) is 4.68 Å². The summed E-state index contributed by atoms with van der Waals surface area (Å²) in [5, 5.41) is 8.61. The van der Waals surface area contributed by atoms with Gasteiger partial charge in [0.15, 0.2) is 0 Å². The number of rotatable bonds is 5. The Balaban J connectivity index is 1.86. The van der Waals surface area contributed by atoms with Gasteiger partial charge in [-0.2, -0.15) is 9.78 Å². The molecule has 2 aromatic carbocycles. The molecule has 2 aromatic heterocycles. The van der Waals surface area contributed by atoms with Crippen LogP contribution in [-0.4, -0.2) is 31.1 Å². The Morgan fingerprint density at radius 1 is 1.00 bits per heavy atom. The molecule has 9 heteroatoms. The van der Waals surface area contributed by atoms with Gasteiger partial charge in [-0.15, -0.1) is 5.10 Å². The zero-order valence-corrected chi connectivity index (χ0v) is 17.6. The Hall–Kier alpha value is -3.36. The quantitative estimate of drug-likeness (QED) is 0.338. The van der Waals surface area contributed by atoms with Gasteiger partial charge in [0, 0.05) is 0 Å². The van der Waals surface area contributed by atoms with Crippen molar-refractivity contribution in [3.8, 4) is 11.6 Å². The summed E-state index contributed by atoms with van der Waals surface area (Å²) in [5.41, 5.74) is 1.92. The van der Waals surface area contributed by atoms with Crippen LogP contribution in [0.1, 0.15) is 37.0 Å². The first-order chi connectivity index (χ1) is 14.5. The Labute approximate surface area is 181 Å². The Morgan fingerprint density at radius 3 is 2.37 bits per heavy atom. The van der Waals surface area contributed by atoms with Gasteiger partial charge in [-0.1, -0.05) is 46.4 Å². The van der Waals surface area contributed by atoms with Crippen LogP contribution in [0, 0.1) is 13.8 Å². The molecule has 150 valence electrons. The van der Waals surface area contributed by atoms with E-state index < -0.39 is 5.97 Å². The van der Waals surface area contributed by atoms with Crippen molar-refractivity contribution in [3.05, 3.63) is 87.0 Å². The first-order valence-electron chi connectivity index (χ1n) is 8.92. The van der Waals surface area contributed by atoms with Crippen LogP contribution >= 0.6 is 23.1 Å². The average molecular weight is 439 g/mol. The lowest BCUT2D eigenvalue weighted by Gasteiger charge is -2.10. The molecule has 7 nitrogen and oxygen atoms in total. The van der Waals surface area contributed by atoms with E-state index in [9.17, 15) is 9.59 Å². The third kappa shape index (κ3) is 3.62. The summed E-state index contributed by atoms with van der Waals surface area (Å²) in [7, 11) is 0. The van der Waals surface area contributed by atoms with Gasteiger partial charge in [0.1, 0.15) is 10.4 Å². The standard InChI is InChI=1S/C21H15ClN4O3S/c1-12-17(18(27)19-13(2)23-25-30-19)20(26(24-12)14-8-4-3-5-9-14)29-21(28)15-10-6-7-11-16(15)22/h3-11H,1-2H3. The zero-order chi connectivity index (χ0) is 21.3. The summed E-state index contributed by atoms with van der Waals surface area (Å²) in [6.45, 7) is 3.38. The molecule has 0 unspecified atom stereocenters. The highest BCUT2D eigenvalue weighted by Gasteiger charge is 2.29. The van der Waals surface area contributed by atoms with Crippen molar-refractivity contribution in [2.45, 2.75) is 13.8 Å². The molecule has 0 saturated heterocycles. The fraction of sp³-hybridized carbons (Fsp3) is 0.0952. The zero-order valence-electron chi connectivity index (χ0n) is 16.0. The molecule has 0 fully saturated rings. The third-order valence-electron chi connectivity index (χ3n) is 4.39. The largest absolute Gasteiger partial charge is 0.403 e. The summed E-state index contributed by atoms with van der Waals surface area (Å²) in [4.78, 5) is 26.5. The first kappa shape index (κ1) is 19.9. The van der Waals surface area contributed by atoms with E-state index in [4.69, 9.17) is 16.3 Å². The SMILES string of the molecule is Cc1nnsc1C(=O)c1c(C)nn(-c2ccccc2)c1OC(=O)c1ccccc1Cl. The minimum atomic E-state index is -0.689. The second-order valence-corrected chi connectivity index (χ2v) is 7.56. The van der Waals surface area contributed by atoms with Crippen molar-refractivity contribution in [1.29, 1.82) is 0 Å².